The number of benzene rings is 1. The molecule has 138 valence electrons. The second kappa shape index (κ2) is 9.53. The lowest BCUT2D eigenvalue weighted by Crippen LogP contribution is -2.23. The standard InChI is InChI=1S/C18H23N3OS.2ClH/c1-11(2)6-16-17(23-12(3)21-16)18(22)20-8-13-4-5-14-9-19-10-15(14)7-13;;/h4-5,7,11,19H,6,8-10H2,1-3H3,(H,20,22);2*1H. The van der Waals surface area contributed by atoms with Gasteiger partial charge in [-0.25, -0.2) is 4.98 Å². The van der Waals surface area contributed by atoms with Crippen LogP contribution in [0.1, 0.15) is 50.9 Å². The molecule has 0 atom stereocenters. The lowest BCUT2D eigenvalue weighted by Gasteiger charge is -2.08. The van der Waals surface area contributed by atoms with E-state index in [0.717, 1.165) is 40.7 Å². The van der Waals surface area contributed by atoms with Crippen molar-refractivity contribution >= 4 is 42.1 Å². The second-order valence-corrected chi connectivity index (χ2v) is 7.70. The fourth-order valence-electron chi connectivity index (χ4n) is 2.89. The second-order valence-electron chi connectivity index (χ2n) is 6.50. The quantitative estimate of drug-likeness (QED) is 0.794. The number of hydrogen-bond donors (Lipinski definition) is 2. The van der Waals surface area contributed by atoms with Crippen LogP contribution in [0.4, 0.5) is 0 Å². The van der Waals surface area contributed by atoms with E-state index in [9.17, 15) is 4.79 Å². The summed E-state index contributed by atoms with van der Waals surface area (Å²) in [5.41, 5.74) is 4.77. The first-order valence-corrected chi connectivity index (χ1v) is 8.90. The number of amides is 1. The van der Waals surface area contributed by atoms with Gasteiger partial charge in [0.25, 0.3) is 5.91 Å². The van der Waals surface area contributed by atoms with Crippen LogP contribution in [0, 0.1) is 12.8 Å². The molecule has 1 amide bonds. The Hall–Kier alpha value is -1.14. The van der Waals surface area contributed by atoms with Gasteiger partial charge in [-0.3, -0.25) is 4.79 Å². The van der Waals surface area contributed by atoms with Gasteiger partial charge in [0.1, 0.15) is 4.88 Å². The first-order valence-electron chi connectivity index (χ1n) is 8.09. The summed E-state index contributed by atoms with van der Waals surface area (Å²) in [7, 11) is 0. The molecule has 2 heterocycles. The molecule has 2 aromatic rings. The van der Waals surface area contributed by atoms with Crippen molar-refractivity contribution in [2.75, 3.05) is 0 Å². The molecule has 2 N–H and O–H groups in total. The highest BCUT2D eigenvalue weighted by atomic mass is 35.5. The summed E-state index contributed by atoms with van der Waals surface area (Å²) in [6, 6.07) is 6.43. The lowest BCUT2D eigenvalue weighted by molar-refractivity contribution is 0.0953. The lowest BCUT2D eigenvalue weighted by atomic mass is 10.1. The normalized spacial score (nSPS) is 12.3. The Morgan fingerprint density at radius 1 is 1.28 bits per heavy atom. The Labute approximate surface area is 165 Å². The van der Waals surface area contributed by atoms with Crippen molar-refractivity contribution in [2.45, 2.75) is 46.8 Å². The van der Waals surface area contributed by atoms with Gasteiger partial charge in [0.2, 0.25) is 0 Å². The van der Waals surface area contributed by atoms with Gasteiger partial charge in [0.05, 0.1) is 10.7 Å². The molecule has 7 heteroatoms. The third-order valence-corrected chi connectivity index (χ3v) is 4.98. The van der Waals surface area contributed by atoms with Crippen LogP contribution in [-0.4, -0.2) is 10.9 Å². The third-order valence-electron chi connectivity index (χ3n) is 3.97. The molecule has 0 radical (unpaired) electrons. The Bertz CT molecular complexity index is 731. The molecular formula is C18H25Cl2N3OS. The van der Waals surface area contributed by atoms with E-state index in [1.165, 1.54) is 22.5 Å². The summed E-state index contributed by atoms with van der Waals surface area (Å²) < 4.78 is 0. The van der Waals surface area contributed by atoms with Crippen LogP contribution < -0.4 is 10.6 Å². The maximum atomic E-state index is 12.5. The van der Waals surface area contributed by atoms with E-state index in [1.807, 2.05) is 6.92 Å². The SMILES string of the molecule is Cc1nc(CC(C)C)c(C(=O)NCc2ccc3c(c2)CNC3)s1.Cl.Cl. The highest BCUT2D eigenvalue weighted by Gasteiger charge is 2.17. The fourth-order valence-corrected chi connectivity index (χ4v) is 3.76. The zero-order valence-corrected chi connectivity index (χ0v) is 17.2. The van der Waals surface area contributed by atoms with Crippen LogP contribution in [0.2, 0.25) is 0 Å². The van der Waals surface area contributed by atoms with E-state index in [1.54, 1.807) is 0 Å². The number of aryl methyl sites for hydroxylation is 1. The van der Waals surface area contributed by atoms with Crippen LogP contribution in [0.15, 0.2) is 18.2 Å². The van der Waals surface area contributed by atoms with Crippen molar-refractivity contribution in [2.24, 2.45) is 5.92 Å². The van der Waals surface area contributed by atoms with Crippen molar-refractivity contribution in [1.82, 2.24) is 15.6 Å². The molecule has 1 aromatic heterocycles. The first kappa shape index (κ1) is 21.9. The van der Waals surface area contributed by atoms with Gasteiger partial charge in [-0.2, -0.15) is 0 Å². The van der Waals surface area contributed by atoms with E-state index in [0.29, 0.717) is 12.5 Å². The molecule has 0 saturated heterocycles. The summed E-state index contributed by atoms with van der Waals surface area (Å²) in [6.07, 6.45) is 0.845. The Morgan fingerprint density at radius 2 is 2.00 bits per heavy atom. The molecule has 0 saturated carbocycles. The van der Waals surface area contributed by atoms with Crippen LogP contribution in [-0.2, 0) is 26.1 Å². The van der Waals surface area contributed by atoms with E-state index < -0.39 is 0 Å². The number of nitrogens with zero attached hydrogens (tertiary/aromatic N) is 1. The largest absolute Gasteiger partial charge is 0.347 e. The minimum absolute atomic E-state index is 0. The van der Waals surface area contributed by atoms with Gasteiger partial charge in [-0.05, 0) is 36.0 Å². The van der Waals surface area contributed by atoms with E-state index in [-0.39, 0.29) is 30.7 Å². The number of aromatic nitrogens is 1. The average Bonchev–Trinajstić information content (AvgIpc) is 3.10. The first-order chi connectivity index (χ1) is 11.0. The van der Waals surface area contributed by atoms with Crippen LogP contribution in [0.3, 0.4) is 0 Å². The predicted octanol–water partition coefficient (Wildman–Crippen LogP) is 4.03. The summed E-state index contributed by atoms with van der Waals surface area (Å²) in [4.78, 5) is 17.8. The maximum Gasteiger partial charge on any atom is 0.263 e. The predicted molar refractivity (Wildman–Crippen MR) is 108 cm³/mol. The van der Waals surface area contributed by atoms with Gasteiger partial charge in [0.15, 0.2) is 0 Å². The smallest absolute Gasteiger partial charge is 0.263 e. The molecule has 1 aliphatic rings. The van der Waals surface area contributed by atoms with Crippen molar-refractivity contribution in [3.63, 3.8) is 0 Å². The van der Waals surface area contributed by atoms with Gasteiger partial charge in [-0.15, -0.1) is 36.2 Å². The summed E-state index contributed by atoms with van der Waals surface area (Å²) in [6.45, 7) is 8.68. The number of carbonyl (C=O) groups is 1. The van der Waals surface area contributed by atoms with Crippen LogP contribution >= 0.6 is 36.2 Å². The zero-order chi connectivity index (χ0) is 16.4. The molecule has 1 aromatic carbocycles. The highest BCUT2D eigenvalue weighted by Crippen LogP contribution is 2.21. The minimum atomic E-state index is -0.00938. The third kappa shape index (κ3) is 5.42. The fraction of sp³-hybridized carbons (Fsp3) is 0.444. The van der Waals surface area contributed by atoms with E-state index in [4.69, 9.17) is 0 Å². The van der Waals surface area contributed by atoms with Crippen LogP contribution in [0.25, 0.3) is 0 Å². The summed E-state index contributed by atoms with van der Waals surface area (Å²) in [5.74, 6) is 0.483. The number of fused-ring (bicyclic) bond motifs is 1. The van der Waals surface area contributed by atoms with Gasteiger partial charge >= 0.3 is 0 Å². The molecule has 3 rings (SSSR count). The molecule has 25 heavy (non-hydrogen) atoms. The van der Waals surface area contributed by atoms with Crippen molar-refractivity contribution < 1.29 is 4.79 Å². The van der Waals surface area contributed by atoms with Crippen molar-refractivity contribution in [1.29, 1.82) is 0 Å². The van der Waals surface area contributed by atoms with Gasteiger partial charge in [0, 0.05) is 19.6 Å². The van der Waals surface area contributed by atoms with Crippen LogP contribution in [0.5, 0.6) is 0 Å². The Kier molecular flexibility index (Phi) is 8.35. The van der Waals surface area contributed by atoms with E-state index in [2.05, 4.69) is 47.7 Å². The molecule has 0 bridgehead atoms. The highest BCUT2D eigenvalue weighted by molar-refractivity contribution is 7.13. The maximum absolute atomic E-state index is 12.5. The molecule has 4 nitrogen and oxygen atoms in total. The number of carbonyl (C=O) groups excluding carboxylic acids is 1. The number of thiazole rings is 1. The summed E-state index contributed by atoms with van der Waals surface area (Å²) in [5, 5.41) is 7.34. The number of hydrogen-bond acceptors (Lipinski definition) is 4. The Morgan fingerprint density at radius 3 is 2.72 bits per heavy atom. The number of rotatable bonds is 5. The van der Waals surface area contributed by atoms with Gasteiger partial charge < -0.3 is 10.6 Å². The minimum Gasteiger partial charge on any atom is -0.347 e. The molecule has 0 fully saturated rings. The molecule has 0 unspecified atom stereocenters. The molecule has 0 aliphatic carbocycles. The molecular weight excluding hydrogens is 377 g/mol. The number of nitrogens with one attached hydrogen (secondary N) is 2. The summed E-state index contributed by atoms with van der Waals surface area (Å²) >= 11 is 1.49. The van der Waals surface area contributed by atoms with Crippen molar-refractivity contribution in [3.8, 4) is 0 Å². The van der Waals surface area contributed by atoms with Crippen molar-refractivity contribution in [3.05, 3.63) is 50.5 Å². The van der Waals surface area contributed by atoms with Gasteiger partial charge in [-0.1, -0.05) is 32.0 Å². The molecule has 0 spiro atoms. The monoisotopic (exact) mass is 401 g/mol. The zero-order valence-electron chi connectivity index (χ0n) is 14.7. The topological polar surface area (TPSA) is 54.0 Å². The average molecular weight is 402 g/mol. The van der Waals surface area contributed by atoms with E-state index >= 15 is 0 Å². The molecule has 1 aliphatic heterocycles. The number of halogens is 2. The Balaban J connectivity index is 0.00000156.